The van der Waals surface area contributed by atoms with Gasteiger partial charge in [-0.3, -0.25) is 0 Å². The van der Waals surface area contributed by atoms with Crippen LogP contribution in [-0.2, 0) is 10.0 Å². The fourth-order valence-corrected chi connectivity index (χ4v) is 5.62. The molecule has 2 aliphatic heterocycles. The molecule has 2 aliphatic rings. The molecule has 4 nitrogen and oxygen atoms in total. The first kappa shape index (κ1) is 16.2. The summed E-state index contributed by atoms with van der Waals surface area (Å²) in [5, 5.41) is 3.59. The largest absolute Gasteiger partial charge is 0.311 e. The van der Waals surface area contributed by atoms with Gasteiger partial charge in [0.2, 0.25) is 10.0 Å². The van der Waals surface area contributed by atoms with Crippen LogP contribution in [0.15, 0.2) is 0 Å². The van der Waals surface area contributed by atoms with Crippen LogP contribution in [0.3, 0.4) is 0 Å². The summed E-state index contributed by atoms with van der Waals surface area (Å²) < 4.78 is 27.1. The normalized spacial score (nSPS) is 30.9. The average Bonchev–Trinajstić information content (AvgIpc) is 2.66. The SMILES string of the molecule is CCN(C1CC2CCC(C1)N2)S(=O)(=O)CCC(C)(C)C. The molecule has 0 amide bonds. The van der Waals surface area contributed by atoms with Crippen molar-refractivity contribution in [1.29, 1.82) is 0 Å². The summed E-state index contributed by atoms with van der Waals surface area (Å²) in [6.45, 7) is 8.88. The van der Waals surface area contributed by atoms with E-state index in [9.17, 15) is 8.42 Å². The highest BCUT2D eigenvalue weighted by molar-refractivity contribution is 7.89. The average molecular weight is 302 g/mol. The van der Waals surface area contributed by atoms with Gasteiger partial charge < -0.3 is 5.32 Å². The number of sulfonamides is 1. The Morgan fingerprint density at radius 2 is 1.70 bits per heavy atom. The van der Waals surface area contributed by atoms with Crippen molar-refractivity contribution < 1.29 is 8.42 Å². The summed E-state index contributed by atoms with van der Waals surface area (Å²) in [6.07, 6.45) is 5.11. The molecule has 20 heavy (non-hydrogen) atoms. The molecule has 2 rings (SSSR count). The van der Waals surface area contributed by atoms with Crippen LogP contribution >= 0.6 is 0 Å². The Kier molecular flexibility index (Phi) is 4.82. The van der Waals surface area contributed by atoms with Gasteiger partial charge in [0.05, 0.1) is 5.75 Å². The standard InChI is InChI=1S/C15H30N2O2S/c1-5-17(20(18,19)9-8-15(2,3)4)14-10-12-6-7-13(11-14)16-12/h12-14,16H,5-11H2,1-4H3. The van der Waals surface area contributed by atoms with Crippen LogP contribution in [0.2, 0.25) is 0 Å². The Bertz CT molecular complexity index is 416. The van der Waals surface area contributed by atoms with Crippen LogP contribution in [0, 0.1) is 5.41 Å². The number of fused-ring (bicyclic) bond motifs is 2. The third kappa shape index (κ3) is 3.95. The molecule has 5 heteroatoms. The molecule has 2 heterocycles. The maximum Gasteiger partial charge on any atom is 0.214 e. The van der Waals surface area contributed by atoms with E-state index in [2.05, 4.69) is 26.1 Å². The fraction of sp³-hybridized carbons (Fsp3) is 1.00. The molecule has 0 aliphatic carbocycles. The van der Waals surface area contributed by atoms with Crippen LogP contribution in [0.4, 0.5) is 0 Å². The van der Waals surface area contributed by atoms with Gasteiger partial charge in [-0.25, -0.2) is 8.42 Å². The van der Waals surface area contributed by atoms with E-state index < -0.39 is 10.0 Å². The zero-order valence-corrected chi connectivity index (χ0v) is 14.2. The minimum Gasteiger partial charge on any atom is -0.311 e. The summed E-state index contributed by atoms with van der Waals surface area (Å²) in [4.78, 5) is 0. The molecule has 0 aromatic rings. The van der Waals surface area contributed by atoms with Crippen molar-refractivity contribution in [3.05, 3.63) is 0 Å². The van der Waals surface area contributed by atoms with Crippen molar-refractivity contribution in [3.63, 3.8) is 0 Å². The van der Waals surface area contributed by atoms with E-state index in [1.54, 1.807) is 4.31 Å². The maximum absolute atomic E-state index is 12.6. The van der Waals surface area contributed by atoms with E-state index in [0.717, 1.165) is 19.3 Å². The predicted molar refractivity (Wildman–Crippen MR) is 83.2 cm³/mol. The van der Waals surface area contributed by atoms with E-state index in [4.69, 9.17) is 0 Å². The Balaban J connectivity index is 2.03. The number of hydrogen-bond acceptors (Lipinski definition) is 3. The lowest BCUT2D eigenvalue weighted by molar-refractivity contribution is 0.231. The highest BCUT2D eigenvalue weighted by Crippen LogP contribution is 2.31. The second kappa shape index (κ2) is 5.93. The lowest BCUT2D eigenvalue weighted by Gasteiger charge is -2.36. The van der Waals surface area contributed by atoms with Crippen LogP contribution < -0.4 is 5.32 Å². The van der Waals surface area contributed by atoms with Gasteiger partial charge >= 0.3 is 0 Å². The fourth-order valence-electron chi connectivity index (χ4n) is 3.50. The first-order valence-corrected chi connectivity index (χ1v) is 9.58. The van der Waals surface area contributed by atoms with Crippen LogP contribution in [0.5, 0.6) is 0 Å². The quantitative estimate of drug-likeness (QED) is 0.848. The molecule has 0 aromatic carbocycles. The molecule has 118 valence electrons. The van der Waals surface area contributed by atoms with E-state index in [-0.39, 0.29) is 17.2 Å². The van der Waals surface area contributed by atoms with Crippen molar-refractivity contribution >= 4 is 10.0 Å². The Labute approximate surface area is 124 Å². The van der Waals surface area contributed by atoms with Gasteiger partial charge in [0.15, 0.2) is 0 Å². The minimum absolute atomic E-state index is 0.0691. The second-order valence-electron chi connectivity index (χ2n) is 7.59. The molecule has 2 atom stereocenters. The molecule has 1 N–H and O–H groups in total. The number of nitrogens with zero attached hydrogens (tertiary/aromatic N) is 1. The molecule has 2 saturated heterocycles. The summed E-state index contributed by atoms with van der Waals surface area (Å²) >= 11 is 0. The smallest absolute Gasteiger partial charge is 0.214 e. The molecular weight excluding hydrogens is 272 g/mol. The summed E-state index contributed by atoms with van der Waals surface area (Å²) in [6, 6.07) is 1.28. The van der Waals surface area contributed by atoms with E-state index in [1.165, 1.54) is 12.8 Å². The van der Waals surface area contributed by atoms with Gasteiger partial charge in [-0.2, -0.15) is 4.31 Å². The molecule has 2 unspecified atom stereocenters. The van der Waals surface area contributed by atoms with Crippen LogP contribution in [-0.4, -0.2) is 43.1 Å². The Morgan fingerprint density at radius 1 is 1.15 bits per heavy atom. The second-order valence-corrected chi connectivity index (χ2v) is 9.63. The maximum atomic E-state index is 12.6. The summed E-state index contributed by atoms with van der Waals surface area (Å²) in [5.41, 5.74) is 0.0691. The monoisotopic (exact) mass is 302 g/mol. The van der Waals surface area contributed by atoms with Gasteiger partial charge in [-0.1, -0.05) is 27.7 Å². The lowest BCUT2D eigenvalue weighted by Crippen LogP contribution is -2.50. The van der Waals surface area contributed by atoms with Gasteiger partial charge in [0.1, 0.15) is 0 Å². The topological polar surface area (TPSA) is 49.4 Å². The van der Waals surface area contributed by atoms with Crippen molar-refractivity contribution in [2.24, 2.45) is 5.41 Å². The highest BCUT2D eigenvalue weighted by Gasteiger charge is 2.39. The van der Waals surface area contributed by atoms with Gasteiger partial charge in [0, 0.05) is 24.7 Å². The van der Waals surface area contributed by atoms with Gasteiger partial charge in [0.25, 0.3) is 0 Å². The third-order valence-corrected chi connectivity index (χ3v) is 6.63. The summed E-state index contributed by atoms with van der Waals surface area (Å²) in [5.74, 6) is 0.281. The summed E-state index contributed by atoms with van der Waals surface area (Å²) in [7, 11) is -3.12. The molecular formula is C15H30N2O2S. The zero-order valence-electron chi connectivity index (χ0n) is 13.4. The number of nitrogens with one attached hydrogen (secondary N) is 1. The predicted octanol–water partition coefficient (Wildman–Crippen LogP) is 2.36. The zero-order chi connectivity index (χ0) is 15.0. The molecule has 0 spiro atoms. The number of rotatable bonds is 5. The van der Waals surface area contributed by atoms with Crippen molar-refractivity contribution in [3.8, 4) is 0 Å². The van der Waals surface area contributed by atoms with E-state index >= 15 is 0 Å². The van der Waals surface area contributed by atoms with Crippen LogP contribution in [0.25, 0.3) is 0 Å². The molecule has 2 fully saturated rings. The first-order chi connectivity index (χ1) is 9.21. The number of hydrogen-bond donors (Lipinski definition) is 1. The minimum atomic E-state index is -3.12. The lowest BCUT2D eigenvalue weighted by atomic mass is 9.94. The van der Waals surface area contributed by atoms with Crippen molar-refractivity contribution in [1.82, 2.24) is 9.62 Å². The first-order valence-electron chi connectivity index (χ1n) is 7.97. The molecule has 0 saturated carbocycles. The Morgan fingerprint density at radius 3 is 2.15 bits per heavy atom. The van der Waals surface area contributed by atoms with E-state index in [1.807, 2.05) is 6.92 Å². The molecule has 0 radical (unpaired) electrons. The third-order valence-electron chi connectivity index (χ3n) is 4.63. The van der Waals surface area contributed by atoms with Gasteiger partial charge in [-0.15, -0.1) is 0 Å². The molecule has 0 aromatic heterocycles. The molecule has 2 bridgehead atoms. The highest BCUT2D eigenvalue weighted by atomic mass is 32.2. The van der Waals surface area contributed by atoms with E-state index in [0.29, 0.717) is 18.6 Å². The Hall–Kier alpha value is -0.130. The van der Waals surface area contributed by atoms with Crippen molar-refractivity contribution in [2.45, 2.75) is 77.9 Å². The van der Waals surface area contributed by atoms with Gasteiger partial charge in [-0.05, 0) is 37.5 Å². The van der Waals surface area contributed by atoms with Crippen LogP contribution in [0.1, 0.15) is 59.8 Å². The van der Waals surface area contributed by atoms with Crippen molar-refractivity contribution in [2.75, 3.05) is 12.3 Å². The number of piperidine rings is 1.